The molecule has 0 aromatic heterocycles. The smallest absolute Gasteiger partial charge is 0.166 e. The van der Waals surface area contributed by atoms with E-state index < -0.39 is 11.5 Å². The number of methoxy groups -OCH3 is 2. The zero-order valence-corrected chi connectivity index (χ0v) is 16.8. The fourth-order valence-electron chi connectivity index (χ4n) is 3.64. The highest BCUT2D eigenvalue weighted by atomic mass is 35.5. The van der Waals surface area contributed by atoms with Crippen LogP contribution in [0.15, 0.2) is 46.5 Å². The molecular formula is C19H23Cl2N3O3. The van der Waals surface area contributed by atoms with E-state index in [4.69, 9.17) is 43.3 Å². The molecule has 0 fully saturated rings. The largest absolute Gasteiger partial charge is 0.493 e. The number of fused-ring (bicyclic) bond motifs is 2. The number of nitrogens with one attached hydrogen (secondary N) is 1. The van der Waals surface area contributed by atoms with Crippen LogP contribution in [-0.2, 0) is 4.74 Å². The zero-order chi connectivity index (χ0) is 19.4. The Morgan fingerprint density at radius 3 is 2.85 bits per heavy atom. The van der Waals surface area contributed by atoms with Crippen LogP contribution in [0.2, 0.25) is 0 Å². The number of allylic oxidation sites excluding steroid dienone is 2. The monoisotopic (exact) mass is 411 g/mol. The first-order chi connectivity index (χ1) is 13.1. The molecule has 1 aliphatic heterocycles. The van der Waals surface area contributed by atoms with Crippen molar-refractivity contribution in [3.05, 3.63) is 47.0 Å². The highest BCUT2D eigenvalue weighted by molar-refractivity contribution is 6.31. The number of hydrogen-bond donors (Lipinski definition) is 2. The number of para-hydroxylation sites is 1. The molecule has 2 bridgehead atoms. The summed E-state index contributed by atoms with van der Waals surface area (Å²) >= 11 is 12.9. The van der Waals surface area contributed by atoms with Crippen molar-refractivity contribution in [2.24, 2.45) is 16.3 Å². The molecule has 0 spiro atoms. The van der Waals surface area contributed by atoms with Crippen molar-refractivity contribution >= 4 is 29.0 Å². The Morgan fingerprint density at radius 1 is 1.37 bits per heavy atom. The summed E-state index contributed by atoms with van der Waals surface area (Å²) in [5, 5.41) is 0.591. The molecule has 146 valence electrons. The highest BCUT2D eigenvalue weighted by Gasteiger charge is 2.44. The molecule has 0 amide bonds. The van der Waals surface area contributed by atoms with Gasteiger partial charge < -0.3 is 19.6 Å². The Bertz CT molecular complexity index is 781. The number of nitrogens with zero attached hydrogens (tertiary/aromatic N) is 1. The lowest BCUT2D eigenvalue weighted by Gasteiger charge is -2.40. The fraction of sp³-hybridized carbons (Fsp3) is 0.421. The summed E-state index contributed by atoms with van der Waals surface area (Å²) in [5.74, 6) is 7.69. The third kappa shape index (κ3) is 3.94. The van der Waals surface area contributed by atoms with E-state index in [-0.39, 0.29) is 12.6 Å². The number of benzene rings is 1. The second-order valence-electron chi connectivity index (χ2n) is 6.52. The number of hydrogen-bond acceptors (Lipinski definition) is 6. The molecule has 3 N–H and O–H groups in total. The Balaban J connectivity index is 2.18. The summed E-state index contributed by atoms with van der Waals surface area (Å²) in [6.07, 6.45) is 5.92. The lowest BCUT2D eigenvalue weighted by Crippen LogP contribution is -2.42. The second kappa shape index (κ2) is 8.52. The van der Waals surface area contributed by atoms with E-state index >= 15 is 0 Å². The van der Waals surface area contributed by atoms with Gasteiger partial charge in [-0.2, -0.15) is 0 Å². The molecule has 3 unspecified atom stereocenters. The van der Waals surface area contributed by atoms with Gasteiger partial charge >= 0.3 is 0 Å². The number of hydrazine groups is 1. The van der Waals surface area contributed by atoms with Crippen molar-refractivity contribution in [1.82, 2.24) is 5.43 Å². The Labute approximate surface area is 168 Å². The van der Waals surface area contributed by atoms with Crippen LogP contribution < -0.4 is 20.7 Å². The molecule has 3 atom stereocenters. The molecule has 3 rings (SSSR count). The lowest BCUT2D eigenvalue weighted by atomic mass is 9.75. The van der Waals surface area contributed by atoms with Crippen LogP contribution in [0.5, 0.6) is 11.5 Å². The van der Waals surface area contributed by atoms with Crippen molar-refractivity contribution < 1.29 is 14.2 Å². The predicted octanol–water partition coefficient (Wildman–Crippen LogP) is 3.31. The fourth-order valence-corrected chi connectivity index (χ4v) is 4.26. The first kappa shape index (κ1) is 20.0. The van der Waals surface area contributed by atoms with Crippen LogP contribution in [-0.4, -0.2) is 38.6 Å². The van der Waals surface area contributed by atoms with Gasteiger partial charge in [-0.1, -0.05) is 35.9 Å². The number of amidine groups is 1. The lowest BCUT2D eigenvalue weighted by molar-refractivity contribution is -0.00360. The maximum atomic E-state index is 6.51. The van der Waals surface area contributed by atoms with Gasteiger partial charge in [-0.05, 0) is 18.6 Å². The molecule has 2 aliphatic rings. The summed E-state index contributed by atoms with van der Waals surface area (Å²) in [4.78, 5) is 4.63. The minimum Gasteiger partial charge on any atom is -0.493 e. The van der Waals surface area contributed by atoms with Crippen LogP contribution >= 0.6 is 23.2 Å². The summed E-state index contributed by atoms with van der Waals surface area (Å²) in [5.41, 5.74) is 2.86. The van der Waals surface area contributed by atoms with E-state index in [0.717, 1.165) is 5.56 Å². The topological polar surface area (TPSA) is 78.1 Å². The number of ether oxygens (including phenoxy) is 3. The first-order valence-corrected chi connectivity index (χ1v) is 9.46. The predicted molar refractivity (Wildman–Crippen MR) is 108 cm³/mol. The third-order valence-electron chi connectivity index (χ3n) is 4.85. The normalized spacial score (nSPS) is 27.6. The number of nitrogens with two attached hydrogens (primary N) is 1. The summed E-state index contributed by atoms with van der Waals surface area (Å²) in [7, 11) is 3.20. The molecule has 8 heteroatoms. The molecule has 1 aromatic carbocycles. The minimum absolute atomic E-state index is 0.134. The van der Waals surface area contributed by atoms with Crippen molar-refractivity contribution in [3.8, 4) is 11.5 Å². The number of aliphatic imine (C=N–C) groups is 1. The molecule has 1 aliphatic carbocycles. The van der Waals surface area contributed by atoms with E-state index in [9.17, 15) is 0 Å². The van der Waals surface area contributed by atoms with Gasteiger partial charge in [0.05, 0.1) is 26.4 Å². The third-order valence-corrected chi connectivity index (χ3v) is 5.59. The quantitative estimate of drug-likeness (QED) is 0.451. The number of alkyl halides is 1. The van der Waals surface area contributed by atoms with E-state index in [1.165, 1.54) is 0 Å². The van der Waals surface area contributed by atoms with E-state index in [1.807, 2.05) is 36.4 Å². The van der Waals surface area contributed by atoms with Gasteiger partial charge in [0.2, 0.25) is 0 Å². The van der Waals surface area contributed by atoms with Crippen molar-refractivity contribution in [2.45, 2.75) is 18.6 Å². The number of rotatable bonds is 4. The summed E-state index contributed by atoms with van der Waals surface area (Å²) in [6, 6.07) is 5.55. The van der Waals surface area contributed by atoms with Gasteiger partial charge in [-0.3, -0.25) is 4.99 Å². The molecule has 0 saturated heterocycles. The van der Waals surface area contributed by atoms with Crippen LogP contribution in [0, 0.1) is 5.41 Å². The molecule has 0 saturated carbocycles. The SMILES string of the molecule is COc1cccc(C2OCC(NN)=NC3C=CC(Cl)=CC2(CCl)C3)c1OC. The molecule has 27 heavy (non-hydrogen) atoms. The minimum atomic E-state index is -0.587. The van der Waals surface area contributed by atoms with Crippen LogP contribution in [0.4, 0.5) is 0 Å². The van der Waals surface area contributed by atoms with Crippen molar-refractivity contribution in [2.75, 3.05) is 26.7 Å². The molecule has 1 heterocycles. The molecular weight excluding hydrogens is 389 g/mol. The van der Waals surface area contributed by atoms with Crippen LogP contribution in [0.3, 0.4) is 0 Å². The van der Waals surface area contributed by atoms with E-state index in [0.29, 0.717) is 34.7 Å². The van der Waals surface area contributed by atoms with E-state index in [2.05, 4.69) is 10.4 Å². The van der Waals surface area contributed by atoms with Gasteiger partial charge in [0.1, 0.15) is 12.4 Å². The Morgan fingerprint density at radius 2 is 2.19 bits per heavy atom. The van der Waals surface area contributed by atoms with Crippen LogP contribution in [0.25, 0.3) is 0 Å². The van der Waals surface area contributed by atoms with Gasteiger partial charge in [-0.25, -0.2) is 5.84 Å². The molecule has 1 aromatic rings. The maximum absolute atomic E-state index is 6.51. The average molecular weight is 412 g/mol. The maximum Gasteiger partial charge on any atom is 0.166 e. The standard InChI is InChI=1S/C19H23Cl2N3O3/c1-25-15-5-3-4-14(17(15)26-2)18-19(11-20)8-12(21)6-7-13(9-19)23-16(24-22)10-27-18/h3-8,13,18H,9-11,22H2,1-2H3,(H,23,24). The van der Waals surface area contributed by atoms with Crippen molar-refractivity contribution in [1.29, 1.82) is 0 Å². The first-order valence-electron chi connectivity index (χ1n) is 8.55. The Kier molecular flexibility index (Phi) is 6.32. The summed E-state index contributed by atoms with van der Waals surface area (Å²) in [6.45, 7) is 0.204. The molecule has 6 nitrogen and oxygen atoms in total. The zero-order valence-electron chi connectivity index (χ0n) is 15.2. The average Bonchev–Trinajstić information content (AvgIpc) is 2.85. The second-order valence-corrected chi connectivity index (χ2v) is 7.22. The van der Waals surface area contributed by atoms with Crippen LogP contribution in [0.1, 0.15) is 18.1 Å². The van der Waals surface area contributed by atoms with Gasteiger partial charge in [0.15, 0.2) is 11.5 Å². The highest BCUT2D eigenvalue weighted by Crippen LogP contribution is 2.50. The number of halogens is 2. The van der Waals surface area contributed by atoms with E-state index in [1.54, 1.807) is 14.2 Å². The van der Waals surface area contributed by atoms with Gasteiger partial charge in [0, 0.05) is 21.9 Å². The van der Waals surface area contributed by atoms with Gasteiger partial charge in [0.25, 0.3) is 0 Å². The van der Waals surface area contributed by atoms with Crippen molar-refractivity contribution in [3.63, 3.8) is 0 Å². The Hall–Kier alpha value is -1.73. The summed E-state index contributed by atoms with van der Waals surface area (Å²) < 4.78 is 17.4. The molecule has 0 radical (unpaired) electrons. The van der Waals surface area contributed by atoms with Gasteiger partial charge in [-0.15, -0.1) is 11.6 Å².